The van der Waals surface area contributed by atoms with Gasteiger partial charge in [0.25, 0.3) is 5.91 Å². The van der Waals surface area contributed by atoms with Gasteiger partial charge in [0, 0.05) is 23.5 Å². The van der Waals surface area contributed by atoms with Crippen LogP contribution in [0.2, 0.25) is 0 Å². The maximum atomic E-state index is 12.7. The number of thiophene rings is 1. The van der Waals surface area contributed by atoms with Crippen LogP contribution in [0.1, 0.15) is 26.4 Å². The molecule has 110 valence electrons. The van der Waals surface area contributed by atoms with Gasteiger partial charge in [0.15, 0.2) is 0 Å². The highest BCUT2D eigenvalue weighted by atomic mass is 32.1. The Morgan fingerprint density at radius 3 is 2.81 bits per heavy atom. The van der Waals surface area contributed by atoms with Gasteiger partial charge in [-0.2, -0.15) is 13.2 Å². The van der Waals surface area contributed by atoms with Gasteiger partial charge in [-0.25, -0.2) is 0 Å². The van der Waals surface area contributed by atoms with E-state index < -0.39 is 11.7 Å². The number of benzene rings is 1. The molecule has 2 aromatic rings. The maximum Gasteiger partial charge on any atom is 0.416 e. The number of fused-ring (bicyclic) bond motifs is 1. The lowest BCUT2D eigenvalue weighted by Crippen LogP contribution is -2.35. The number of carbonyl (C=O) groups excluding carboxylic acids is 1. The van der Waals surface area contributed by atoms with Crippen molar-refractivity contribution < 1.29 is 18.0 Å². The van der Waals surface area contributed by atoms with E-state index in [9.17, 15) is 18.0 Å². The molecule has 0 saturated carbocycles. The van der Waals surface area contributed by atoms with Gasteiger partial charge in [0.05, 0.1) is 5.56 Å². The molecule has 2 heterocycles. The Kier molecular flexibility index (Phi) is 3.49. The summed E-state index contributed by atoms with van der Waals surface area (Å²) in [7, 11) is 0. The van der Waals surface area contributed by atoms with Crippen molar-refractivity contribution in [2.45, 2.75) is 19.1 Å². The van der Waals surface area contributed by atoms with Crippen molar-refractivity contribution >= 4 is 17.2 Å². The van der Waals surface area contributed by atoms with E-state index in [1.165, 1.54) is 17.0 Å². The second kappa shape index (κ2) is 5.18. The van der Waals surface area contributed by atoms with Crippen LogP contribution in [0.25, 0.3) is 0 Å². The van der Waals surface area contributed by atoms with Gasteiger partial charge in [-0.3, -0.25) is 4.79 Å². The number of nitrogens with zero attached hydrogens (tertiary/aromatic N) is 1. The second-order valence-electron chi connectivity index (χ2n) is 4.92. The average molecular weight is 311 g/mol. The summed E-state index contributed by atoms with van der Waals surface area (Å²) in [5.74, 6) is -0.349. The average Bonchev–Trinajstić information content (AvgIpc) is 2.93. The maximum absolute atomic E-state index is 12.7. The predicted octanol–water partition coefficient (Wildman–Crippen LogP) is 3.97. The smallest absolute Gasteiger partial charge is 0.334 e. The van der Waals surface area contributed by atoms with Gasteiger partial charge >= 0.3 is 6.18 Å². The number of hydrogen-bond donors (Lipinski definition) is 0. The molecule has 1 aromatic heterocycles. The fraction of sp³-hybridized carbons (Fsp3) is 0.267. The molecule has 0 fully saturated rings. The van der Waals surface area contributed by atoms with Crippen LogP contribution in [-0.4, -0.2) is 17.4 Å². The molecule has 0 atom stereocenters. The molecule has 3 rings (SSSR count). The van der Waals surface area contributed by atoms with E-state index >= 15 is 0 Å². The van der Waals surface area contributed by atoms with Crippen LogP contribution in [0.5, 0.6) is 0 Å². The standard InChI is InChI=1S/C15H12F3NOS/c16-15(17,18)12-3-1-2-10(8-12)14(20)19-6-4-13-11(9-19)5-7-21-13/h1-3,5,7-8H,4,6,9H2. The molecule has 0 unspecified atom stereocenters. The zero-order chi connectivity index (χ0) is 15.0. The molecule has 0 N–H and O–H groups in total. The van der Waals surface area contributed by atoms with Crippen LogP contribution in [0.3, 0.4) is 0 Å². The highest BCUT2D eigenvalue weighted by molar-refractivity contribution is 7.10. The normalized spacial score (nSPS) is 14.9. The molecule has 0 radical (unpaired) electrons. The minimum absolute atomic E-state index is 0.0866. The third kappa shape index (κ3) is 2.81. The van der Waals surface area contributed by atoms with E-state index in [0.29, 0.717) is 13.1 Å². The van der Waals surface area contributed by atoms with Crippen LogP contribution >= 0.6 is 11.3 Å². The van der Waals surface area contributed by atoms with Crippen molar-refractivity contribution in [1.82, 2.24) is 4.90 Å². The molecule has 0 bridgehead atoms. The lowest BCUT2D eigenvalue weighted by atomic mass is 10.1. The Hall–Kier alpha value is -1.82. The zero-order valence-corrected chi connectivity index (χ0v) is 11.8. The highest BCUT2D eigenvalue weighted by Crippen LogP contribution is 2.30. The molecule has 21 heavy (non-hydrogen) atoms. The van der Waals surface area contributed by atoms with Crippen molar-refractivity contribution in [3.8, 4) is 0 Å². The highest BCUT2D eigenvalue weighted by Gasteiger charge is 2.31. The summed E-state index contributed by atoms with van der Waals surface area (Å²) >= 11 is 1.65. The first-order chi connectivity index (χ1) is 9.95. The van der Waals surface area contributed by atoms with E-state index in [-0.39, 0.29) is 11.5 Å². The van der Waals surface area contributed by atoms with E-state index in [1.807, 2.05) is 11.4 Å². The predicted molar refractivity (Wildman–Crippen MR) is 74.2 cm³/mol. The summed E-state index contributed by atoms with van der Waals surface area (Å²) in [6.45, 7) is 1.01. The van der Waals surface area contributed by atoms with Crippen LogP contribution in [0.4, 0.5) is 13.2 Å². The molecule has 1 aliphatic heterocycles. The number of amides is 1. The third-order valence-corrected chi connectivity index (χ3v) is 4.55. The Bertz CT molecular complexity index is 678. The van der Waals surface area contributed by atoms with Gasteiger partial charge in [0.1, 0.15) is 0 Å². The topological polar surface area (TPSA) is 20.3 Å². The van der Waals surface area contributed by atoms with Crippen molar-refractivity contribution in [2.24, 2.45) is 0 Å². The Labute approximate surface area is 123 Å². The van der Waals surface area contributed by atoms with Gasteiger partial charge in [-0.1, -0.05) is 6.07 Å². The number of alkyl halides is 3. The van der Waals surface area contributed by atoms with Crippen molar-refractivity contribution in [2.75, 3.05) is 6.54 Å². The molecule has 0 spiro atoms. The minimum Gasteiger partial charge on any atom is -0.334 e. The molecular formula is C15H12F3NOS. The molecule has 6 heteroatoms. The SMILES string of the molecule is O=C(c1cccc(C(F)(F)F)c1)N1CCc2sccc2C1. The summed E-state index contributed by atoms with van der Waals surface area (Å²) in [6, 6.07) is 6.57. The first-order valence-corrected chi connectivity index (χ1v) is 7.35. The summed E-state index contributed by atoms with van der Waals surface area (Å²) in [5, 5.41) is 1.98. The molecular weight excluding hydrogens is 299 g/mol. The van der Waals surface area contributed by atoms with Crippen LogP contribution in [0.15, 0.2) is 35.7 Å². The van der Waals surface area contributed by atoms with Gasteiger partial charge < -0.3 is 4.90 Å². The largest absolute Gasteiger partial charge is 0.416 e. The van der Waals surface area contributed by atoms with Crippen LogP contribution in [-0.2, 0) is 19.1 Å². The number of halogens is 3. The first kappa shape index (κ1) is 14.1. The summed E-state index contributed by atoms with van der Waals surface area (Å²) in [4.78, 5) is 15.2. The molecule has 1 aromatic carbocycles. The Morgan fingerprint density at radius 1 is 1.24 bits per heavy atom. The van der Waals surface area contributed by atoms with Crippen molar-refractivity contribution in [3.63, 3.8) is 0 Å². The lowest BCUT2D eigenvalue weighted by molar-refractivity contribution is -0.137. The number of carbonyl (C=O) groups is 1. The third-order valence-electron chi connectivity index (χ3n) is 3.53. The molecule has 2 nitrogen and oxygen atoms in total. The zero-order valence-electron chi connectivity index (χ0n) is 11.0. The lowest BCUT2D eigenvalue weighted by Gasteiger charge is -2.27. The van der Waals surface area contributed by atoms with Gasteiger partial charge in [-0.15, -0.1) is 11.3 Å². The summed E-state index contributed by atoms with van der Waals surface area (Å²) in [6.07, 6.45) is -3.67. The molecule has 1 aliphatic rings. The Balaban J connectivity index is 1.83. The number of hydrogen-bond acceptors (Lipinski definition) is 2. The van der Waals surface area contributed by atoms with Gasteiger partial charge in [-0.05, 0) is 41.6 Å². The molecule has 0 aliphatic carbocycles. The van der Waals surface area contributed by atoms with E-state index in [0.717, 1.165) is 24.1 Å². The van der Waals surface area contributed by atoms with Gasteiger partial charge in [0.2, 0.25) is 0 Å². The summed E-state index contributed by atoms with van der Waals surface area (Å²) < 4.78 is 38.1. The van der Waals surface area contributed by atoms with E-state index in [2.05, 4.69) is 0 Å². The monoisotopic (exact) mass is 311 g/mol. The van der Waals surface area contributed by atoms with Crippen molar-refractivity contribution in [3.05, 3.63) is 57.3 Å². The molecule has 0 saturated heterocycles. The van der Waals surface area contributed by atoms with E-state index in [4.69, 9.17) is 0 Å². The van der Waals surface area contributed by atoms with E-state index in [1.54, 1.807) is 16.2 Å². The fourth-order valence-corrected chi connectivity index (χ4v) is 3.32. The number of rotatable bonds is 1. The first-order valence-electron chi connectivity index (χ1n) is 6.47. The quantitative estimate of drug-likeness (QED) is 0.780. The van der Waals surface area contributed by atoms with Crippen LogP contribution < -0.4 is 0 Å². The molecule has 1 amide bonds. The minimum atomic E-state index is -4.43. The Morgan fingerprint density at radius 2 is 2.05 bits per heavy atom. The van der Waals surface area contributed by atoms with Crippen molar-refractivity contribution in [1.29, 1.82) is 0 Å². The fourth-order valence-electron chi connectivity index (χ4n) is 2.43. The van der Waals surface area contributed by atoms with Crippen LogP contribution in [0, 0.1) is 0 Å². The second-order valence-corrected chi connectivity index (χ2v) is 5.92. The summed E-state index contributed by atoms with van der Waals surface area (Å²) in [5.41, 5.74) is 0.386.